The highest BCUT2D eigenvalue weighted by Crippen LogP contribution is 2.50. The van der Waals surface area contributed by atoms with E-state index < -0.39 is 0 Å². The van der Waals surface area contributed by atoms with Crippen LogP contribution in [0.2, 0.25) is 0 Å². The topological polar surface area (TPSA) is 71.3 Å². The van der Waals surface area contributed by atoms with E-state index >= 15 is 0 Å². The Bertz CT molecular complexity index is 753. The fraction of sp³-hybridized carbons (Fsp3) is 0.526. The molecule has 132 valence electrons. The van der Waals surface area contributed by atoms with Gasteiger partial charge >= 0.3 is 6.03 Å². The number of hydrogen-bond donors (Lipinski definition) is 1. The van der Waals surface area contributed by atoms with E-state index in [1.807, 2.05) is 24.3 Å². The van der Waals surface area contributed by atoms with E-state index in [9.17, 15) is 4.79 Å². The van der Waals surface area contributed by atoms with Gasteiger partial charge in [0.2, 0.25) is 11.7 Å². The zero-order valence-electron chi connectivity index (χ0n) is 14.7. The molecule has 25 heavy (non-hydrogen) atoms. The third-order valence-corrected chi connectivity index (χ3v) is 4.97. The van der Waals surface area contributed by atoms with Crippen LogP contribution in [0.5, 0.6) is 0 Å². The van der Waals surface area contributed by atoms with Gasteiger partial charge in [0, 0.05) is 30.3 Å². The van der Waals surface area contributed by atoms with Crippen molar-refractivity contribution < 1.29 is 9.32 Å². The molecule has 2 aliphatic rings. The number of benzene rings is 1. The lowest BCUT2D eigenvalue weighted by Crippen LogP contribution is -2.46. The van der Waals surface area contributed by atoms with E-state index in [0.717, 1.165) is 43.1 Å². The van der Waals surface area contributed by atoms with Crippen LogP contribution in [0.25, 0.3) is 11.4 Å². The Balaban J connectivity index is 1.45. The molecular formula is C19H24N4O2. The minimum atomic E-state index is -0.0363. The normalized spacial score (nSPS) is 23.0. The van der Waals surface area contributed by atoms with Crippen molar-refractivity contribution in [2.45, 2.75) is 39.0 Å². The highest BCUT2D eigenvalue weighted by Gasteiger charge is 2.42. The van der Waals surface area contributed by atoms with E-state index in [1.54, 1.807) is 4.90 Å². The Morgan fingerprint density at radius 1 is 1.32 bits per heavy atom. The second-order valence-corrected chi connectivity index (χ2v) is 7.47. The molecule has 0 bridgehead atoms. The van der Waals surface area contributed by atoms with Crippen molar-refractivity contribution >= 4 is 11.7 Å². The zero-order valence-corrected chi connectivity index (χ0v) is 14.7. The minimum Gasteiger partial charge on any atom is -0.339 e. The number of anilines is 1. The predicted molar refractivity (Wildman–Crippen MR) is 95.4 cm³/mol. The first-order chi connectivity index (χ1) is 12.1. The molecule has 6 nitrogen and oxygen atoms in total. The Hall–Kier alpha value is -2.37. The molecule has 1 aliphatic heterocycles. The number of urea groups is 1. The lowest BCUT2D eigenvalue weighted by atomic mass is 10.1. The third-order valence-electron chi connectivity index (χ3n) is 4.97. The Morgan fingerprint density at radius 3 is 2.84 bits per heavy atom. The van der Waals surface area contributed by atoms with Gasteiger partial charge in [0.15, 0.2) is 0 Å². The first-order valence-electron chi connectivity index (χ1n) is 9.11. The molecule has 1 aromatic heterocycles. The summed E-state index contributed by atoms with van der Waals surface area (Å²) < 4.78 is 5.48. The average molecular weight is 340 g/mol. The molecule has 2 heterocycles. The van der Waals surface area contributed by atoms with Crippen LogP contribution < -0.4 is 10.2 Å². The second-order valence-electron chi connectivity index (χ2n) is 7.47. The monoisotopic (exact) mass is 340 g/mol. The Kier molecular flexibility index (Phi) is 4.19. The summed E-state index contributed by atoms with van der Waals surface area (Å²) in [6, 6.07) is 7.74. The molecule has 1 saturated carbocycles. The summed E-state index contributed by atoms with van der Waals surface area (Å²) in [5.41, 5.74) is 1.81. The molecule has 6 heteroatoms. The smallest absolute Gasteiger partial charge is 0.321 e. The molecule has 1 saturated heterocycles. The lowest BCUT2D eigenvalue weighted by molar-refractivity contribution is 0.243. The molecule has 2 fully saturated rings. The SMILES string of the molecule is CC(C)C[C@@H]1C[C@H]1c1nc(-c2ccc(N3CCCNC3=O)cc2)no1. The molecular weight excluding hydrogens is 316 g/mol. The summed E-state index contributed by atoms with van der Waals surface area (Å²) in [5.74, 6) is 3.21. The number of amides is 2. The van der Waals surface area contributed by atoms with E-state index in [4.69, 9.17) is 4.52 Å². The minimum absolute atomic E-state index is 0.0363. The van der Waals surface area contributed by atoms with Gasteiger partial charge in [-0.3, -0.25) is 4.90 Å². The van der Waals surface area contributed by atoms with Gasteiger partial charge in [0.1, 0.15) is 0 Å². The molecule has 0 spiro atoms. The number of nitrogens with zero attached hydrogens (tertiary/aromatic N) is 3. The summed E-state index contributed by atoms with van der Waals surface area (Å²) in [5, 5.41) is 7.00. The van der Waals surface area contributed by atoms with Crippen molar-refractivity contribution in [3.8, 4) is 11.4 Å². The van der Waals surface area contributed by atoms with Gasteiger partial charge in [-0.15, -0.1) is 0 Å². The van der Waals surface area contributed by atoms with Crippen LogP contribution >= 0.6 is 0 Å². The van der Waals surface area contributed by atoms with Crippen molar-refractivity contribution in [1.29, 1.82) is 0 Å². The van der Waals surface area contributed by atoms with Gasteiger partial charge in [0.05, 0.1) is 0 Å². The van der Waals surface area contributed by atoms with Crippen molar-refractivity contribution in [2.75, 3.05) is 18.0 Å². The van der Waals surface area contributed by atoms with Gasteiger partial charge in [-0.2, -0.15) is 4.98 Å². The number of nitrogens with one attached hydrogen (secondary N) is 1. The van der Waals surface area contributed by atoms with E-state index in [0.29, 0.717) is 23.6 Å². The van der Waals surface area contributed by atoms with Gasteiger partial charge in [-0.1, -0.05) is 19.0 Å². The third kappa shape index (κ3) is 3.38. The molecule has 1 aliphatic carbocycles. The predicted octanol–water partition coefficient (Wildman–Crippen LogP) is 3.81. The maximum Gasteiger partial charge on any atom is 0.321 e. The molecule has 0 radical (unpaired) electrons. The van der Waals surface area contributed by atoms with Crippen LogP contribution in [0.3, 0.4) is 0 Å². The maximum absolute atomic E-state index is 11.9. The van der Waals surface area contributed by atoms with Crippen LogP contribution in [-0.2, 0) is 0 Å². The first kappa shape index (κ1) is 16.1. The Labute approximate surface area is 147 Å². The van der Waals surface area contributed by atoms with Crippen LogP contribution in [0.4, 0.5) is 10.5 Å². The van der Waals surface area contributed by atoms with Crippen LogP contribution in [0.15, 0.2) is 28.8 Å². The van der Waals surface area contributed by atoms with Crippen LogP contribution in [-0.4, -0.2) is 29.3 Å². The van der Waals surface area contributed by atoms with Gasteiger partial charge in [0.25, 0.3) is 0 Å². The lowest BCUT2D eigenvalue weighted by Gasteiger charge is -2.27. The van der Waals surface area contributed by atoms with Gasteiger partial charge in [-0.25, -0.2) is 4.79 Å². The molecule has 4 rings (SSSR count). The van der Waals surface area contributed by atoms with E-state index in [2.05, 4.69) is 29.3 Å². The number of carbonyl (C=O) groups excluding carboxylic acids is 1. The summed E-state index contributed by atoms with van der Waals surface area (Å²) in [6.45, 7) is 5.99. The Morgan fingerprint density at radius 2 is 2.12 bits per heavy atom. The van der Waals surface area contributed by atoms with E-state index in [1.165, 1.54) is 6.42 Å². The zero-order chi connectivity index (χ0) is 17.4. The fourth-order valence-corrected chi connectivity index (χ4v) is 3.59. The number of carbonyl (C=O) groups is 1. The standard InChI is InChI=1S/C19H24N4O2/c1-12(2)10-14-11-16(14)18-21-17(22-25-18)13-4-6-15(7-5-13)23-9-3-8-20-19(23)24/h4-7,12,14,16H,3,8-11H2,1-2H3,(H,20,24)/t14-,16-/m1/s1. The number of hydrogen-bond acceptors (Lipinski definition) is 4. The first-order valence-corrected chi connectivity index (χ1v) is 9.11. The number of rotatable bonds is 5. The highest BCUT2D eigenvalue weighted by molar-refractivity contribution is 5.92. The molecule has 0 unspecified atom stereocenters. The second kappa shape index (κ2) is 6.50. The number of aromatic nitrogens is 2. The molecule has 2 amide bonds. The summed E-state index contributed by atoms with van der Waals surface area (Å²) in [6.07, 6.45) is 3.33. The van der Waals surface area contributed by atoms with E-state index in [-0.39, 0.29) is 6.03 Å². The fourth-order valence-electron chi connectivity index (χ4n) is 3.59. The van der Waals surface area contributed by atoms with Crippen LogP contribution in [0.1, 0.15) is 44.9 Å². The van der Waals surface area contributed by atoms with Crippen molar-refractivity contribution in [1.82, 2.24) is 15.5 Å². The summed E-state index contributed by atoms with van der Waals surface area (Å²) in [4.78, 5) is 18.3. The molecule has 1 N–H and O–H groups in total. The largest absolute Gasteiger partial charge is 0.339 e. The van der Waals surface area contributed by atoms with Crippen LogP contribution in [0, 0.1) is 11.8 Å². The van der Waals surface area contributed by atoms with Crippen molar-refractivity contribution in [3.63, 3.8) is 0 Å². The maximum atomic E-state index is 11.9. The van der Waals surface area contributed by atoms with Crippen molar-refractivity contribution in [2.24, 2.45) is 11.8 Å². The highest BCUT2D eigenvalue weighted by atomic mass is 16.5. The molecule has 2 aromatic rings. The quantitative estimate of drug-likeness (QED) is 0.898. The van der Waals surface area contributed by atoms with Gasteiger partial charge < -0.3 is 9.84 Å². The van der Waals surface area contributed by atoms with Gasteiger partial charge in [-0.05, 0) is 55.4 Å². The average Bonchev–Trinajstić information content (AvgIpc) is 3.18. The molecule has 2 atom stereocenters. The van der Waals surface area contributed by atoms with Crippen molar-refractivity contribution in [3.05, 3.63) is 30.2 Å². The summed E-state index contributed by atoms with van der Waals surface area (Å²) >= 11 is 0. The summed E-state index contributed by atoms with van der Waals surface area (Å²) in [7, 11) is 0. The molecule has 1 aromatic carbocycles.